The first kappa shape index (κ1) is 23.3. The fourth-order valence-electron chi connectivity index (χ4n) is 3.54. The van der Waals surface area contributed by atoms with Crippen LogP contribution in [0.3, 0.4) is 0 Å². The summed E-state index contributed by atoms with van der Waals surface area (Å²) in [6.07, 6.45) is 10.6. The number of benzene rings is 3. The quantitative estimate of drug-likeness (QED) is 0.336. The van der Waals surface area contributed by atoms with Gasteiger partial charge in [-0.1, -0.05) is 79.4 Å². The maximum Gasteiger partial charge on any atom is 0.0767 e. The van der Waals surface area contributed by atoms with Gasteiger partial charge in [0.05, 0.1) is 18.5 Å². The Labute approximate surface area is 186 Å². The molecule has 0 aliphatic rings. The summed E-state index contributed by atoms with van der Waals surface area (Å²) in [4.78, 5) is 0. The van der Waals surface area contributed by atoms with Crippen LogP contribution >= 0.6 is 0 Å². The molecule has 0 aromatic heterocycles. The Hall–Kier alpha value is -4.01. The molecule has 0 aliphatic heterocycles. The van der Waals surface area contributed by atoms with Crippen molar-refractivity contribution in [2.24, 2.45) is 0 Å². The van der Waals surface area contributed by atoms with Crippen molar-refractivity contribution in [3.8, 4) is 18.9 Å². The third-order valence-electron chi connectivity index (χ3n) is 5.10. The predicted octanol–water partition coefficient (Wildman–Crippen LogP) is 7.12. The molecule has 2 heteroatoms. The maximum absolute atomic E-state index is 8.89. The summed E-state index contributed by atoms with van der Waals surface area (Å²) < 4.78 is 0. The van der Waals surface area contributed by atoms with Gasteiger partial charge >= 0.3 is 0 Å². The Kier molecular flexibility index (Phi) is 8.90. The first-order chi connectivity index (χ1) is 15.1. The molecule has 0 spiro atoms. The highest BCUT2D eigenvalue weighted by atomic mass is 14.9. The molecule has 0 heterocycles. The number of terminal acetylenes is 1. The van der Waals surface area contributed by atoms with Crippen molar-refractivity contribution in [3.63, 3.8) is 0 Å². The molecule has 0 radical (unpaired) electrons. The van der Waals surface area contributed by atoms with Gasteiger partial charge in [0.25, 0.3) is 0 Å². The fraction of sp³-hybridized carbons (Fsp3) is 0.138. The molecule has 3 aromatic carbocycles. The summed E-state index contributed by atoms with van der Waals surface area (Å²) in [7, 11) is 0. The summed E-state index contributed by atoms with van der Waals surface area (Å²) >= 11 is 0. The highest BCUT2D eigenvalue weighted by Crippen LogP contribution is 2.35. The summed E-state index contributed by atoms with van der Waals surface area (Å²) in [6, 6.07) is 28.9. The lowest BCUT2D eigenvalue weighted by Crippen LogP contribution is -2.14. The van der Waals surface area contributed by atoms with E-state index in [-0.39, 0.29) is 6.04 Å². The molecule has 1 unspecified atom stereocenters. The van der Waals surface area contributed by atoms with Crippen molar-refractivity contribution < 1.29 is 0 Å². The largest absolute Gasteiger partial charge is 0.374 e. The fourth-order valence-corrected chi connectivity index (χ4v) is 3.54. The van der Waals surface area contributed by atoms with Crippen molar-refractivity contribution in [1.29, 1.82) is 5.26 Å². The van der Waals surface area contributed by atoms with Crippen LogP contribution in [0.1, 0.15) is 35.2 Å². The molecule has 31 heavy (non-hydrogen) atoms. The maximum atomic E-state index is 8.89. The SMILES string of the molecule is C#C.C=C(/C(=C/C)c1ccccc1C)C(Nc1ccc(CC#N)cc1)c1ccccc1. The van der Waals surface area contributed by atoms with Gasteiger partial charge < -0.3 is 5.32 Å². The summed E-state index contributed by atoms with van der Waals surface area (Å²) in [6.45, 7) is 8.68. The Balaban J connectivity index is 0.00000166. The third kappa shape index (κ3) is 5.99. The Bertz CT molecular complexity index is 1080. The summed E-state index contributed by atoms with van der Waals surface area (Å²) in [5.74, 6) is 0. The average molecular weight is 405 g/mol. The zero-order chi connectivity index (χ0) is 22.6. The monoisotopic (exact) mass is 404 g/mol. The summed E-state index contributed by atoms with van der Waals surface area (Å²) in [5.41, 5.74) is 7.77. The molecular formula is C29H28N2. The van der Waals surface area contributed by atoms with E-state index in [2.05, 4.69) is 99.3 Å². The number of rotatable bonds is 7. The first-order valence-electron chi connectivity index (χ1n) is 10.2. The molecule has 3 rings (SSSR count). The van der Waals surface area contributed by atoms with Gasteiger partial charge in [0.15, 0.2) is 0 Å². The van der Waals surface area contributed by atoms with Gasteiger partial charge in [0.1, 0.15) is 0 Å². The number of anilines is 1. The number of nitriles is 1. The molecule has 1 atom stereocenters. The molecule has 0 amide bonds. The number of hydrogen-bond acceptors (Lipinski definition) is 2. The lowest BCUT2D eigenvalue weighted by Gasteiger charge is -2.25. The molecule has 0 saturated carbocycles. The Morgan fingerprint density at radius 2 is 1.61 bits per heavy atom. The van der Waals surface area contributed by atoms with Crippen molar-refractivity contribution in [2.75, 3.05) is 5.32 Å². The van der Waals surface area contributed by atoms with Crippen LogP contribution in [0.4, 0.5) is 5.69 Å². The Morgan fingerprint density at radius 1 is 1.00 bits per heavy atom. The van der Waals surface area contributed by atoms with E-state index in [1.807, 2.05) is 30.3 Å². The zero-order valence-electron chi connectivity index (χ0n) is 18.2. The van der Waals surface area contributed by atoms with Crippen LogP contribution in [0.25, 0.3) is 5.57 Å². The molecule has 0 saturated heterocycles. The van der Waals surface area contributed by atoms with Crippen LogP contribution in [0.5, 0.6) is 0 Å². The van der Waals surface area contributed by atoms with Crippen LogP contribution in [0.2, 0.25) is 0 Å². The van der Waals surface area contributed by atoms with Crippen molar-refractivity contribution >= 4 is 11.3 Å². The van der Waals surface area contributed by atoms with E-state index < -0.39 is 0 Å². The van der Waals surface area contributed by atoms with Crippen molar-refractivity contribution in [1.82, 2.24) is 0 Å². The topological polar surface area (TPSA) is 35.8 Å². The second-order valence-electron chi connectivity index (χ2n) is 7.06. The highest BCUT2D eigenvalue weighted by molar-refractivity contribution is 5.82. The molecule has 0 aliphatic carbocycles. The zero-order valence-corrected chi connectivity index (χ0v) is 18.2. The molecule has 3 aromatic rings. The van der Waals surface area contributed by atoms with Gasteiger partial charge in [0.2, 0.25) is 0 Å². The smallest absolute Gasteiger partial charge is 0.0767 e. The van der Waals surface area contributed by atoms with Gasteiger partial charge in [0, 0.05) is 5.69 Å². The highest BCUT2D eigenvalue weighted by Gasteiger charge is 2.19. The minimum Gasteiger partial charge on any atom is -0.374 e. The van der Waals surface area contributed by atoms with Gasteiger partial charge in [-0.3, -0.25) is 0 Å². The molecule has 2 nitrogen and oxygen atoms in total. The molecule has 1 N–H and O–H groups in total. The lowest BCUT2D eigenvalue weighted by molar-refractivity contribution is 0.947. The number of allylic oxidation sites excluding steroid dienone is 1. The number of nitrogens with zero attached hydrogens (tertiary/aromatic N) is 1. The minimum atomic E-state index is -0.0659. The third-order valence-corrected chi connectivity index (χ3v) is 5.10. The average Bonchev–Trinajstić information content (AvgIpc) is 2.82. The Morgan fingerprint density at radius 3 is 2.19 bits per heavy atom. The lowest BCUT2D eigenvalue weighted by atomic mass is 9.88. The van der Waals surface area contributed by atoms with Gasteiger partial charge in [-0.15, -0.1) is 12.8 Å². The van der Waals surface area contributed by atoms with E-state index in [1.165, 1.54) is 11.1 Å². The van der Waals surface area contributed by atoms with Gasteiger partial charge in [-0.25, -0.2) is 0 Å². The second kappa shape index (κ2) is 11.9. The number of aryl methyl sites for hydroxylation is 1. The molecular weight excluding hydrogens is 376 g/mol. The van der Waals surface area contributed by atoms with Crippen LogP contribution in [0, 0.1) is 31.1 Å². The molecule has 0 fully saturated rings. The van der Waals surface area contributed by atoms with Crippen LogP contribution in [-0.4, -0.2) is 0 Å². The number of nitrogens with one attached hydrogen (secondary N) is 1. The van der Waals surface area contributed by atoms with E-state index >= 15 is 0 Å². The summed E-state index contributed by atoms with van der Waals surface area (Å²) in [5, 5.41) is 12.5. The van der Waals surface area contributed by atoms with Crippen molar-refractivity contribution in [2.45, 2.75) is 26.3 Å². The minimum absolute atomic E-state index is 0.0659. The van der Waals surface area contributed by atoms with E-state index in [4.69, 9.17) is 5.26 Å². The first-order valence-corrected chi connectivity index (χ1v) is 10.2. The molecule has 154 valence electrons. The standard InChI is InChI=1S/C27H26N2.C2H2/c1-4-25(26-13-9-8-10-20(26)2)21(3)27(23-11-6-5-7-12-23)29-24-16-14-22(15-17-24)18-19-28;1-2/h4-17,27,29H,3,18H2,1-2H3;1-2H/b25-4-;. The van der Waals surface area contributed by atoms with Crippen LogP contribution in [0.15, 0.2) is 97.1 Å². The normalized spacial score (nSPS) is 11.4. The predicted molar refractivity (Wildman–Crippen MR) is 132 cm³/mol. The second-order valence-corrected chi connectivity index (χ2v) is 7.06. The van der Waals surface area contributed by atoms with Crippen LogP contribution < -0.4 is 5.32 Å². The van der Waals surface area contributed by atoms with E-state index in [1.54, 1.807) is 0 Å². The molecule has 0 bridgehead atoms. The van der Waals surface area contributed by atoms with Gasteiger partial charge in [-0.2, -0.15) is 5.26 Å². The van der Waals surface area contributed by atoms with E-state index in [9.17, 15) is 0 Å². The number of hydrogen-bond donors (Lipinski definition) is 1. The van der Waals surface area contributed by atoms with E-state index in [0.717, 1.165) is 28.0 Å². The van der Waals surface area contributed by atoms with Gasteiger partial charge in [-0.05, 0) is 59.4 Å². The van der Waals surface area contributed by atoms with E-state index in [0.29, 0.717) is 6.42 Å². The van der Waals surface area contributed by atoms with Crippen LogP contribution in [-0.2, 0) is 6.42 Å². The van der Waals surface area contributed by atoms with Crippen molar-refractivity contribution in [3.05, 3.63) is 119 Å².